The Balaban J connectivity index is 0.00000289. The molecule has 0 aliphatic rings. The first-order valence-corrected chi connectivity index (χ1v) is 6.13. The molecular weight excluding hydrogens is 250 g/mol. The molecule has 1 rings (SSSR count). The van der Waals surface area contributed by atoms with E-state index in [0.717, 1.165) is 25.2 Å². The summed E-state index contributed by atoms with van der Waals surface area (Å²) in [7, 11) is 0. The summed E-state index contributed by atoms with van der Waals surface area (Å²) in [6.07, 6.45) is 0. The second-order valence-corrected chi connectivity index (χ2v) is 4.03. The smallest absolute Gasteiger partial charge is 0.338 e. The molecule has 0 saturated heterocycles. The molecule has 0 unspecified atom stereocenters. The number of hydrogen-bond donors (Lipinski definition) is 0. The van der Waals surface area contributed by atoms with Crippen LogP contribution in [0.2, 0.25) is 0 Å². The van der Waals surface area contributed by atoms with Gasteiger partial charge in [0.2, 0.25) is 0 Å². The summed E-state index contributed by atoms with van der Waals surface area (Å²) in [6, 6.07) is 7.44. The van der Waals surface area contributed by atoms with Crippen molar-refractivity contribution in [1.29, 1.82) is 0 Å². The Hall–Kier alpha value is -1.06. The summed E-state index contributed by atoms with van der Waals surface area (Å²) < 4.78 is 5.22. The predicted octanol–water partition coefficient (Wildman–Crippen LogP) is 2.92. The summed E-state index contributed by atoms with van der Waals surface area (Å²) in [5.41, 5.74) is 1.76. The van der Waals surface area contributed by atoms with Crippen LogP contribution in [0.3, 0.4) is 0 Å². The molecule has 0 bridgehead atoms. The highest BCUT2D eigenvalue weighted by Gasteiger charge is 2.07. The van der Waals surface area contributed by atoms with Crippen LogP contribution < -0.4 is 0 Å². The van der Waals surface area contributed by atoms with Crippen LogP contribution in [0, 0.1) is 6.92 Å². The fraction of sp³-hybridized carbons (Fsp3) is 0.500. The molecule has 0 atom stereocenters. The van der Waals surface area contributed by atoms with Gasteiger partial charge < -0.3 is 9.64 Å². The summed E-state index contributed by atoms with van der Waals surface area (Å²) in [5.74, 6) is -0.239. The average Bonchev–Trinajstić information content (AvgIpc) is 2.35. The lowest BCUT2D eigenvalue weighted by Gasteiger charge is -2.17. The quantitative estimate of drug-likeness (QED) is 0.745. The third-order valence-electron chi connectivity index (χ3n) is 2.82. The lowest BCUT2D eigenvalue weighted by atomic mass is 10.1. The van der Waals surface area contributed by atoms with Gasteiger partial charge in [0.15, 0.2) is 0 Å². The third-order valence-corrected chi connectivity index (χ3v) is 2.82. The van der Waals surface area contributed by atoms with Crippen LogP contribution >= 0.6 is 12.4 Å². The maximum atomic E-state index is 11.7. The van der Waals surface area contributed by atoms with Gasteiger partial charge in [0.05, 0.1) is 5.56 Å². The molecule has 0 amide bonds. The van der Waals surface area contributed by atoms with Crippen LogP contribution in [-0.4, -0.2) is 37.1 Å². The number of nitrogens with zero attached hydrogens (tertiary/aromatic N) is 1. The Morgan fingerprint density at radius 3 is 2.22 bits per heavy atom. The van der Waals surface area contributed by atoms with Crippen LogP contribution in [0.15, 0.2) is 24.3 Å². The molecule has 0 aliphatic heterocycles. The first-order chi connectivity index (χ1) is 8.17. The van der Waals surface area contributed by atoms with Crippen molar-refractivity contribution in [1.82, 2.24) is 4.90 Å². The van der Waals surface area contributed by atoms with Crippen molar-refractivity contribution in [3.05, 3.63) is 35.4 Å². The van der Waals surface area contributed by atoms with E-state index in [2.05, 4.69) is 18.7 Å². The maximum absolute atomic E-state index is 11.7. The molecule has 3 nitrogen and oxygen atoms in total. The van der Waals surface area contributed by atoms with Crippen molar-refractivity contribution >= 4 is 18.4 Å². The standard InChI is InChI=1S/C14H21NO2.ClH/c1-4-15(5-2)10-11-17-14(16)13-8-6-12(3)7-9-13;/h6-9H,4-5,10-11H2,1-3H3;1H. The zero-order valence-corrected chi connectivity index (χ0v) is 12.1. The lowest BCUT2D eigenvalue weighted by molar-refractivity contribution is 0.0466. The number of halogens is 1. The van der Waals surface area contributed by atoms with Gasteiger partial charge in [-0.25, -0.2) is 4.79 Å². The van der Waals surface area contributed by atoms with Crippen molar-refractivity contribution in [3.63, 3.8) is 0 Å². The van der Waals surface area contributed by atoms with E-state index in [9.17, 15) is 4.79 Å². The van der Waals surface area contributed by atoms with Gasteiger partial charge in [-0.15, -0.1) is 12.4 Å². The number of aryl methyl sites for hydroxylation is 1. The lowest BCUT2D eigenvalue weighted by Crippen LogP contribution is -2.27. The van der Waals surface area contributed by atoms with Gasteiger partial charge in [-0.1, -0.05) is 31.5 Å². The van der Waals surface area contributed by atoms with E-state index in [4.69, 9.17) is 4.74 Å². The van der Waals surface area contributed by atoms with Gasteiger partial charge in [0.25, 0.3) is 0 Å². The van der Waals surface area contributed by atoms with Crippen LogP contribution in [0.5, 0.6) is 0 Å². The zero-order valence-electron chi connectivity index (χ0n) is 11.3. The van der Waals surface area contributed by atoms with E-state index in [1.807, 2.05) is 19.1 Å². The molecule has 18 heavy (non-hydrogen) atoms. The molecule has 0 aliphatic carbocycles. The van der Waals surface area contributed by atoms with Gasteiger partial charge in [0.1, 0.15) is 6.61 Å². The molecule has 1 aromatic rings. The van der Waals surface area contributed by atoms with E-state index in [-0.39, 0.29) is 18.4 Å². The summed E-state index contributed by atoms with van der Waals surface area (Å²) in [6.45, 7) is 9.42. The molecule has 102 valence electrons. The second-order valence-electron chi connectivity index (χ2n) is 4.03. The van der Waals surface area contributed by atoms with E-state index in [1.165, 1.54) is 0 Å². The number of rotatable bonds is 6. The monoisotopic (exact) mass is 271 g/mol. The number of ether oxygens (including phenoxy) is 1. The molecule has 0 radical (unpaired) electrons. The third kappa shape index (κ3) is 5.52. The van der Waals surface area contributed by atoms with Crippen LogP contribution in [-0.2, 0) is 4.74 Å². The van der Waals surface area contributed by atoms with Crippen LogP contribution in [0.1, 0.15) is 29.8 Å². The molecule has 0 fully saturated rings. The number of carbonyl (C=O) groups excluding carboxylic acids is 1. The van der Waals surface area contributed by atoms with E-state index >= 15 is 0 Å². The highest BCUT2D eigenvalue weighted by molar-refractivity contribution is 5.89. The zero-order chi connectivity index (χ0) is 12.7. The van der Waals surface area contributed by atoms with Crippen LogP contribution in [0.4, 0.5) is 0 Å². The van der Waals surface area contributed by atoms with Gasteiger partial charge in [0, 0.05) is 6.54 Å². The second kappa shape index (κ2) is 8.95. The van der Waals surface area contributed by atoms with Crippen molar-refractivity contribution < 1.29 is 9.53 Å². The average molecular weight is 272 g/mol. The minimum absolute atomic E-state index is 0. The molecule has 0 saturated carbocycles. The highest BCUT2D eigenvalue weighted by atomic mass is 35.5. The molecule has 0 spiro atoms. The minimum atomic E-state index is -0.239. The Kier molecular flexibility index (Phi) is 8.42. The van der Waals surface area contributed by atoms with Crippen LogP contribution in [0.25, 0.3) is 0 Å². The van der Waals surface area contributed by atoms with Gasteiger partial charge in [-0.2, -0.15) is 0 Å². The summed E-state index contributed by atoms with van der Waals surface area (Å²) >= 11 is 0. The van der Waals surface area contributed by atoms with Crippen molar-refractivity contribution in [2.75, 3.05) is 26.2 Å². The number of carbonyl (C=O) groups is 1. The van der Waals surface area contributed by atoms with Crippen molar-refractivity contribution in [2.45, 2.75) is 20.8 Å². The normalized spacial score (nSPS) is 10.0. The van der Waals surface area contributed by atoms with Gasteiger partial charge >= 0.3 is 5.97 Å². The molecule has 0 N–H and O–H groups in total. The fourth-order valence-electron chi connectivity index (χ4n) is 1.58. The van der Waals surface area contributed by atoms with Gasteiger partial charge in [-0.05, 0) is 32.1 Å². The molecular formula is C14H22ClNO2. The number of likely N-dealkylation sites (N-methyl/N-ethyl adjacent to an activating group) is 1. The Morgan fingerprint density at radius 2 is 1.72 bits per heavy atom. The molecule has 0 aromatic heterocycles. The first kappa shape index (κ1) is 16.9. The van der Waals surface area contributed by atoms with Crippen molar-refractivity contribution in [2.24, 2.45) is 0 Å². The molecule has 1 aromatic carbocycles. The molecule has 4 heteroatoms. The highest BCUT2D eigenvalue weighted by Crippen LogP contribution is 2.04. The predicted molar refractivity (Wildman–Crippen MR) is 76.5 cm³/mol. The number of esters is 1. The topological polar surface area (TPSA) is 29.5 Å². The Labute approximate surface area is 116 Å². The largest absolute Gasteiger partial charge is 0.461 e. The van der Waals surface area contributed by atoms with Gasteiger partial charge in [-0.3, -0.25) is 0 Å². The minimum Gasteiger partial charge on any atom is -0.461 e. The Morgan fingerprint density at radius 1 is 1.17 bits per heavy atom. The Bertz CT molecular complexity index is 347. The summed E-state index contributed by atoms with van der Waals surface area (Å²) in [4.78, 5) is 13.9. The van der Waals surface area contributed by atoms with E-state index < -0.39 is 0 Å². The van der Waals surface area contributed by atoms with E-state index in [0.29, 0.717) is 12.2 Å². The summed E-state index contributed by atoms with van der Waals surface area (Å²) in [5, 5.41) is 0. The molecule has 0 heterocycles. The first-order valence-electron chi connectivity index (χ1n) is 6.13. The van der Waals surface area contributed by atoms with E-state index in [1.54, 1.807) is 12.1 Å². The van der Waals surface area contributed by atoms with Crippen molar-refractivity contribution in [3.8, 4) is 0 Å². The maximum Gasteiger partial charge on any atom is 0.338 e. The number of benzene rings is 1. The number of hydrogen-bond acceptors (Lipinski definition) is 3. The SMILES string of the molecule is CCN(CC)CCOC(=O)c1ccc(C)cc1.Cl. The fourth-order valence-corrected chi connectivity index (χ4v) is 1.58.